The summed E-state index contributed by atoms with van der Waals surface area (Å²) in [6.07, 6.45) is 1.70. The number of thiophene rings is 1. The second-order valence-electron chi connectivity index (χ2n) is 8.78. The zero-order chi connectivity index (χ0) is 30.0. The molecule has 0 aliphatic carbocycles. The van der Waals surface area contributed by atoms with Gasteiger partial charge in [0.05, 0.1) is 0 Å². The zero-order valence-electron chi connectivity index (χ0n) is 22.3. The Bertz CT molecular complexity index is 1490. The molecule has 9 nitrogen and oxygen atoms in total. The third-order valence-electron chi connectivity index (χ3n) is 4.61. The number of benzene rings is 2. The van der Waals surface area contributed by atoms with Gasteiger partial charge in [-0.25, -0.2) is 14.6 Å². The molecule has 5 aromatic rings. The van der Waals surface area contributed by atoms with Crippen LogP contribution in [0.4, 0.5) is 11.5 Å². The Balaban J connectivity index is -0.000000522. The van der Waals surface area contributed by atoms with Crippen LogP contribution in [0.15, 0.2) is 80.2 Å². The van der Waals surface area contributed by atoms with Crippen LogP contribution < -0.4 is 16.4 Å². The number of hydrogen-bond donors (Lipinski definition) is 4. The van der Waals surface area contributed by atoms with Crippen LogP contribution in [0.25, 0.3) is 21.1 Å². The number of pyridine rings is 1. The van der Waals surface area contributed by atoms with Gasteiger partial charge in [-0.2, -0.15) is 0 Å². The maximum absolute atomic E-state index is 10.7. The predicted molar refractivity (Wildman–Crippen MR) is 197 cm³/mol. The molecule has 0 aliphatic rings. The summed E-state index contributed by atoms with van der Waals surface area (Å²) in [4.78, 5) is 27.6. The molecular formula is C32H46Br2N4O5S. The Morgan fingerprint density at radius 3 is 1.89 bits per heavy atom. The van der Waals surface area contributed by atoms with Crippen molar-refractivity contribution >= 4 is 87.7 Å². The Hall–Kier alpha value is -3.45. The van der Waals surface area contributed by atoms with Gasteiger partial charge < -0.3 is 31.0 Å². The molecule has 0 aliphatic heterocycles. The number of nitrogens with two attached hydrogens (primary N) is 2. The maximum atomic E-state index is 10.7. The number of furan rings is 1. The first kappa shape index (κ1) is 45.0. The molecule has 0 saturated carbocycles. The van der Waals surface area contributed by atoms with E-state index < -0.39 is 11.9 Å². The predicted octanol–water partition coefficient (Wildman–Crippen LogP) is 9.88. The van der Waals surface area contributed by atoms with Gasteiger partial charge in [0, 0.05) is 51.1 Å². The fraction of sp³-hybridized carbons (Fsp3) is 0.281. The number of fused-ring (bicyclic) bond motifs is 2. The van der Waals surface area contributed by atoms with Crippen molar-refractivity contribution in [3.63, 3.8) is 0 Å². The molecule has 0 bridgehead atoms. The van der Waals surface area contributed by atoms with Crippen molar-refractivity contribution < 1.29 is 24.2 Å². The molecule has 0 atom stereocenters. The Morgan fingerprint density at radius 1 is 0.864 bits per heavy atom. The summed E-state index contributed by atoms with van der Waals surface area (Å²) >= 11 is 7.90. The highest BCUT2D eigenvalue weighted by molar-refractivity contribution is 9.10. The van der Waals surface area contributed by atoms with Gasteiger partial charge in [-0.05, 0) is 60.0 Å². The second kappa shape index (κ2) is 21.3. The minimum atomic E-state index is -1.05. The van der Waals surface area contributed by atoms with Crippen LogP contribution in [-0.4, -0.2) is 47.3 Å². The molecule has 5 rings (SSSR count). The van der Waals surface area contributed by atoms with Crippen LogP contribution in [0, 0.1) is 0 Å². The smallest absolute Gasteiger partial charge is 0.371 e. The third kappa shape index (κ3) is 14.8. The average Bonchev–Trinajstić information content (AvgIpc) is 3.48. The van der Waals surface area contributed by atoms with E-state index in [1.54, 1.807) is 30.5 Å². The minimum Gasteiger partial charge on any atom is -0.477 e. The minimum absolute atomic E-state index is 0. The largest absolute Gasteiger partial charge is 0.477 e. The standard InChI is InChI=1S/C9H5BrO3.C9H5BrO2S.C7H11N3.C3H9N.4CH4/c2*10-6-2-1-5-3-8(9(11)12)13-7(5)4-6;1-10(2)7-5-6(8)3-4-9-7;1-3(2)4;;;;/h2*1-4H,(H,11,12);3-5H,1-2H3,(H2,8,9);3H,4H2,1-2H3;4*1H4. The van der Waals surface area contributed by atoms with E-state index in [0.717, 1.165) is 35.9 Å². The number of halogens is 2. The highest BCUT2D eigenvalue weighted by atomic mass is 79.9. The van der Waals surface area contributed by atoms with E-state index in [1.807, 2.05) is 63.2 Å². The van der Waals surface area contributed by atoms with Crippen molar-refractivity contribution in [2.75, 3.05) is 24.7 Å². The van der Waals surface area contributed by atoms with Gasteiger partial charge >= 0.3 is 11.9 Å². The lowest BCUT2D eigenvalue weighted by Crippen LogP contribution is -2.10. The quantitative estimate of drug-likeness (QED) is 0.141. The van der Waals surface area contributed by atoms with Gasteiger partial charge in [-0.3, -0.25) is 0 Å². The number of aromatic nitrogens is 1. The van der Waals surface area contributed by atoms with E-state index in [-0.39, 0.29) is 35.5 Å². The molecule has 0 saturated heterocycles. The van der Waals surface area contributed by atoms with Crippen LogP contribution in [0.5, 0.6) is 0 Å². The van der Waals surface area contributed by atoms with Crippen LogP contribution in [0.3, 0.4) is 0 Å². The molecule has 12 heteroatoms. The van der Waals surface area contributed by atoms with E-state index in [0.29, 0.717) is 16.5 Å². The highest BCUT2D eigenvalue weighted by Gasteiger charge is 2.10. The first-order chi connectivity index (χ1) is 18.8. The van der Waals surface area contributed by atoms with Crippen molar-refractivity contribution in [2.45, 2.75) is 49.6 Å². The summed E-state index contributed by atoms with van der Waals surface area (Å²) in [6, 6.07) is 18.2. The number of rotatable bonds is 3. The lowest BCUT2D eigenvalue weighted by molar-refractivity contribution is 0.0662. The second-order valence-corrected chi connectivity index (χ2v) is 11.7. The molecule has 0 fully saturated rings. The fourth-order valence-electron chi connectivity index (χ4n) is 2.90. The van der Waals surface area contributed by atoms with Crippen molar-refractivity contribution in [3.8, 4) is 0 Å². The number of nitrogens with zero attached hydrogens (tertiary/aromatic N) is 2. The fourth-order valence-corrected chi connectivity index (χ4v) is 4.69. The van der Waals surface area contributed by atoms with Crippen LogP contribution in [0.2, 0.25) is 0 Å². The van der Waals surface area contributed by atoms with Gasteiger partial charge in [0.1, 0.15) is 16.3 Å². The number of hydrogen-bond acceptors (Lipinski definition) is 8. The number of carbonyl (C=O) groups is 2. The van der Waals surface area contributed by atoms with Gasteiger partial charge in [0.15, 0.2) is 0 Å². The molecule has 3 heterocycles. The number of carboxylic acid groups (broad SMARTS) is 2. The summed E-state index contributed by atoms with van der Waals surface area (Å²) < 4.78 is 7.91. The highest BCUT2D eigenvalue weighted by Crippen LogP contribution is 2.28. The van der Waals surface area contributed by atoms with Crippen LogP contribution >= 0.6 is 43.2 Å². The summed E-state index contributed by atoms with van der Waals surface area (Å²) in [5, 5.41) is 19.2. The van der Waals surface area contributed by atoms with Gasteiger partial charge in [-0.1, -0.05) is 81.5 Å². The summed E-state index contributed by atoms with van der Waals surface area (Å²) in [5.41, 5.74) is 12.0. The Kier molecular flexibility index (Phi) is 21.8. The first-order valence-corrected chi connectivity index (χ1v) is 14.2. The molecule has 44 heavy (non-hydrogen) atoms. The van der Waals surface area contributed by atoms with Crippen LogP contribution in [0.1, 0.15) is 63.8 Å². The van der Waals surface area contributed by atoms with E-state index in [4.69, 9.17) is 26.1 Å². The zero-order valence-corrected chi connectivity index (χ0v) is 26.2. The lowest BCUT2D eigenvalue weighted by Gasteiger charge is -2.10. The lowest BCUT2D eigenvalue weighted by atomic mass is 10.2. The number of aromatic carboxylic acids is 2. The molecule has 0 amide bonds. The Labute approximate surface area is 282 Å². The normalized spacial score (nSPS) is 9.18. The number of carboxylic acids is 2. The molecule has 2 aromatic carbocycles. The average molecular weight is 759 g/mol. The maximum Gasteiger partial charge on any atom is 0.371 e. The first-order valence-electron chi connectivity index (χ1n) is 11.8. The summed E-state index contributed by atoms with van der Waals surface area (Å²) in [6.45, 7) is 3.89. The topological polar surface area (TPSA) is 156 Å². The molecule has 0 spiro atoms. The molecule has 0 radical (unpaired) electrons. The SMILES string of the molecule is C.C.C.C.CC(C)N.CN(C)c1cc(N)ccn1.O=C(O)c1cc2ccc(Br)cc2o1.O=C(O)c1cc2ccc(Br)cc2s1. The molecule has 3 aromatic heterocycles. The van der Waals surface area contributed by atoms with Crippen molar-refractivity contribution in [3.05, 3.63) is 86.4 Å². The van der Waals surface area contributed by atoms with Gasteiger partial charge in [0.2, 0.25) is 5.76 Å². The van der Waals surface area contributed by atoms with Crippen molar-refractivity contribution in [1.82, 2.24) is 4.98 Å². The van der Waals surface area contributed by atoms with E-state index in [1.165, 1.54) is 17.4 Å². The van der Waals surface area contributed by atoms with Crippen molar-refractivity contribution in [1.29, 1.82) is 0 Å². The van der Waals surface area contributed by atoms with E-state index in [2.05, 4.69) is 36.8 Å². The summed E-state index contributed by atoms with van der Waals surface area (Å²) in [5.74, 6) is -1.06. The van der Waals surface area contributed by atoms with Crippen LogP contribution in [-0.2, 0) is 0 Å². The van der Waals surface area contributed by atoms with Crippen molar-refractivity contribution in [2.24, 2.45) is 5.73 Å². The van der Waals surface area contributed by atoms with E-state index in [9.17, 15) is 9.59 Å². The summed E-state index contributed by atoms with van der Waals surface area (Å²) in [7, 11) is 3.86. The molecule has 6 N–H and O–H groups in total. The number of nitrogen functional groups attached to an aromatic ring is 1. The molecular weight excluding hydrogens is 712 g/mol. The third-order valence-corrected chi connectivity index (χ3v) is 6.69. The monoisotopic (exact) mass is 756 g/mol. The number of anilines is 2. The van der Waals surface area contributed by atoms with Gasteiger partial charge in [0.25, 0.3) is 0 Å². The molecule has 244 valence electrons. The van der Waals surface area contributed by atoms with E-state index >= 15 is 0 Å². The van der Waals surface area contributed by atoms with Gasteiger partial charge in [-0.15, -0.1) is 11.3 Å². The Morgan fingerprint density at radius 2 is 1.41 bits per heavy atom. The molecule has 0 unspecified atom stereocenters.